The molecule has 12 heavy (non-hydrogen) atoms. The molecule has 0 spiro atoms. The van der Waals surface area contributed by atoms with E-state index in [-0.39, 0.29) is 0 Å². The van der Waals surface area contributed by atoms with Gasteiger partial charge in [0.15, 0.2) is 0 Å². The van der Waals surface area contributed by atoms with E-state index in [1.807, 2.05) is 11.3 Å². The molecule has 2 heterocycles. The third kappa shape index (κ3) is 2.09. The Labute approximate surface area is 85.5 Å². The van der Waals surface area contributed by atoms with Crippen LogP contribution in [-0.4, -0.2) is 18.0 Å². The van der Waals surface area contributed by atoms with Gasteiger partial charge in [-0.25, -0.2) is 0 Å². The fourth-order valence-corrected chi connectivity index (χ4v) is 3.09. The lowest BCUT2D eigenvalue weighted by molar-refractivity contribution is 0.334. The van der Waals surface area contributed by atoms with Crippen LogP contribution in [0.25, 0.3) is 0 Å². The van der Waals surface area contributed by atoms with Crippen LogP contribution < -0.4 is 0 Å². The number of thiophene rings is 1. The van der Waals surface area contributed by atoms with E-state index in [1.165, 1.54) is 35.3 Å². The third-order valence-electron chi connectivity index (χ3n) is 2.20. The van der Waals surface area contributed by atoms with Crippen molar-refractivity contribution in [3.8, 4) is 0 Å². The first-order valence-electron chi connectivity index (χ1n) is 4.30. The summed E-state index contributed by atoms with van der Waals surface area (Å²) in [6.07, 6.45) is 2.76. The minimum absolute atomic E-state index is 1.15. The zero-order valence-electron chi connectivity index (χ0n) is 6.92. The van der Waals surface area contributed by atoms with Gasteiger partial charge in [-0.3, -0.25) is 4.90 Å². The Morgan fingerprint density at radius 2 is 2.17 bits per heavy atom. The fourth-order valence-electron chi connectivity index (χ4n) is 1.60. The second kappa shape index (κ2) is 3.90. The molecule has 1 aromatic rings. The molecule has 1 saturated heterocycles. The van der Waals surface area contributed by atoms with Gasteiger partial charge in [0, 0.05) is 21.3 Å². The highest BCUT2D eigenvalue weighted by molar-refractivity contribution is 9.10. The van der Waals surface area contributed by atoms with E-state index < -0.39 is 0 Å². The lowest BCUT2D eigenvalue weighted by atomic mass is 10.4. The van der Waals surface area contributed by atoms with E-state index in [2.05, 4.69) is 32.3 Å². The van der Waals surface area contributed by atoms with Gasteiger partial charge in [-0.05, 0) is 47.9 Å². The van der Waals surface area contributed by atoms with Crippen molar-refractivity contribution in [3.05, 3.63) is 20.8 Å². The van der Waals surface area contributed by atoms with Gasteiger partial charge < -0.3 is 0 Å². The topological polar surface area (TPSA) is 3.24 Å². The average molecular weight is 246 g/mol. The third-order valence-corrected chi connectivity index (χ3v) is 3.88. The van der Waals surface area contributed by atoms with Gasteiger partial charge in [0.05, 0.1) is 0 Å². The van der Waals surface area contributed by atoms with Crippen molar-refractivity contribution in [1.82, 2.24) is 4.90 Å². The Bertz CT molecular complexity index is 253. The molecule has 0 aromatic carbocycles. The first-order chi connectivity index (χ1) is 5.84. The van der Waals surface area contributed by atoms with E-state index in [1.54, 1.807) is 0 Å². The Morgan fingerprint density at radius 3 is 2.75 bits per heavy atom. The van der Waals surface area contributed by atoms with Crippen LogP contribution in [-0.2, 0) is 6.54 Å². The molecule has 2 rings (SSSR count). The Kier molecular flexibility index (Phi) is 2.84. The van der Waals surface area contributed by atoms with E-state index in [4.69, 9.17) is 0 Å². The fraction of sp³-hybridized carbons (Fsp3) is 0.556. The molecule has 3 heteroatoms. The molecule has 0 saturated carbocycles. The Balaban J connectivity index is 1.94. The number of likely N-dealkylation sites (tertiary alicyclic amines) is 1. The molecule has 1 nitrogen and oxygen atoms in total. The maximum Gasteiger partial charge on any atom is 0.0328 e. The van der Waals surface area contributed by atoms with Crippen LogP contribution in [0.3, 0.4) is 0 Å². The summed E-state index contributed by atoms with van der Waals surface area (Å²) in [5.74, 6) is 0. The summed E-state index contributed by atoms with van der Waals surface area (Å²) in [4.78, 5) is 4.00. The number of hydrogen-bond donors (Lipinski definition) is 0. The smallest absolute Gasteiger partial charge is 0.0328 e. The molecule has 0 radical (unpaired) electrons. The predicted molar refractivity (Wildman–Crippen MR) is 56.5 cm³/mol. The first-order valence-corrected chi connectivity index (χ1v) is 5.97. The molecule has 0 unspecified atom stereocenters. The molecule has 0 bridgehead atoms. The van der Waals surface area contributed by atoms with Gasteiger partial charge in [0.1, 0.15) is 0 Å². The van der Waals surface area contributed by atoms with E-state index >= 15 is 0 Å². The monoisotopic (exact) mass is 245 g/mol. The summed E-state index contributed by atoms with van der Waals surface area (Å²) in [6.45, 7) is 3.72. The van der Waals surface area contributed by atoms with Gasteiger partial charge in [-0.2, -0.15) is 0 Å². The first kappa shape index (κ1) is 8.73. The highest BCUT2D eigenvalue weighted by Crippen LogP contribution is 2.22. The molecular formula is C9H12BrNS. The zero-order valence-corrected chi connectivity index (χ0v) is 9.33. The van der Waals surface area contributed by atoms with Crippen LogP contribution in [0.2, 0.25) is 0 Å². The average Bonchev–Trinajstić information content (AvgIpc) is 2.63. The van der Waals surface area contributed by atoms with Crippen LogP contribution >= 0.6 is 27.3 Å². The van der Waals surface area contributed by atoms with Gasteiger partial charge in [0.2, 0.25) is 0 Å². The van der Waals surface area contributed by atoms with Crippen LogP contribution in [0.1, 0.15) is 17.7 Å². The summed E-state index contributed by atoms with van der Waals surface area (Å²) in [7, 11) is 0. The maximum atomic E-state index is 3.47. The van der Waals surface area contributed by atoms with Gasteiger partial charge in [0.25, 0.3) is 0 Å². The SMILES string of the molecule is Brc1csc(CN2CCCC2)c1. The number of halogens is 1. The van der Waals surface area contributed by atoms with Crippen LogP contribution in [0.5, 0.6) is 0 Å². The van der Waals surface area contributed by atoms with Crippen LogP contribution in [0.15, 0.2) is 15.9 Å². The van der Waals surface area contributed by atoms with Crippen molar-refractivity contribution in [2.75, 3.05) is 13.1 Å². The highest BCUT2D eigenvalue weighted by Gasteiger charge is 2.12. The van der Waals surface area contributed by atoms with Crippen molar-refractivity contribution in [2.24, 2.45) is 0 Å². The predicted octanol–water partition coefficient (Wildman–Crippen LogP) is 3.11. The highest BCUT2D eigenvalue weighted by atomic mass is 79.9. The zero-order chi connectivity index (χ0) is 8.39. The van der Waals surface area contributed by atoms with Crippen molar-refractivity contribution >= 4 is 27.3 Å². The second-order valence-corrected chi connectivity index (χ2v) is 5.13. The van der Waals surface area contributed by atoms with E-state index in [0.717, 1.165) is 6.54 Å². The molecule has 1 fully saturated rings. The van der Waals surface area contributed by atoms with Crippen LogP contribution in [0, 0.1) is 0 Å². The molecule has 1 aliphatic heterocycles. The molecule has 1 aliphatic rings. The molecular weight excluding hydrogens is 234 g/mol. The second-order valence-electron chi connectivity index (χ2n) is 3.21. The summed E-state index contributed by atoms with van der Waals surface area (Å²) in [6, 6.07) is 2.23. The standard InChI is InChI=1S/C9H12BrNS/c10-8-5-9(12-7-8)6-11-3-1-2-4-11/h5,7H,1-4,6H2. The van der Waals surface area contributed by atoms with Gasteiger partial charge in [-0.1, -0.05) is 0 Å². The lowest BCUT2D eigenvalue weighted by Gasteiger charge is -2.12. The summed E-state index contributed by atoms with van der Waals surface area (Å²) >= 11 is 5.32. The summed E-state index contributed by atoms with van der Waals surface area (Å²) in [5.41, 5.74) is 0. The molecule has 66 valence electrons. The molecule has 0 aliphatic carbocycles. The van der Waals surface area contributed by atoms with Crippen molar-refractivity contribution in [2.45, 2.75) is 19.4 Å². The largest absolute Gasteiger partial charge is 0.298 e. The van der Waals surface area contributed by atoms with Crippen molar-refractivity contribution in [3.63, 3.8) is 0 Å². The van der Waals surface area contributed by atoms with E-state index in [9.17, 15) is 0 Å². The van der Waals surface area contributed by atoms with Crippen molar-refractivity contribution < 1.29 is 0 Å². The number of rotatable bonds is 2. The number of hydrogen-bond acceptors (Lipinski definition) is 2. The Morgan fingerprint density at radius 1 is 1.42 bits per heavy atom. The molecule has 0 amide bonds. The van der Waals surface area contributed by atoms with Gasteiger partial charge >= 0.3 is 0 Å². The lowest BCUT2D eigenvalue weighted by Crippen LogP contribution is -2.17. The van der Waals surface area contributed by atoms with Crippen molar-refractivity contribution in [1.29, 1.82) is 0 Å². The molecule has 0 atom stereocenters. The molecule has 1 aromatic heterocycles. The summed E-state index contributed by atoms with van der Waals surface area (Å²) < 4.78 is 1.22. The van der Waals surface area contributed by atoms with E-state index in [0.29, 0.717) is 0 Å². The minimum Gasteiger partial charge on any atom is -0.298 e. The maximum absolute atomic E-state index is 3.47. The minimum atomic E-state index is 1.15. The molecule has 0 N–H and O–H groups in total. The van der Waals surface area contributed by atoms with Crippen LogP contribution in [0.4, 0.5) is 0 Å². The normalized spacial score (nSPS) is 18.8. The summed E-state index contributed by atoms with van der Waals surface area (Å²) in [5, 5.41) is 2.16. The van der Waals surface area contributed by atoms with Gasteiger partial charge in [-0.15, -0.1) is 11.3 Å². The Hall–Kier alpha value is 0.140. The quantitative estimate of drug-likeness (QED) is 0.775. The number of nitrogens with zero attached hydrogens (tertiary/aromatic N) is 1.